The lowest BCUT2D eigenvalue weighted by Gasteiger charge is -2.22. The molecule has 0 spiro atoms. The average Bonchev–Trinajstić information content (AvgIpc) is 3.45. The molecule has 0 heterocycles. The number of allylic oxidation sites excluding steroid dienone is 4. The van der Waals surface area contributed by atoms with Gasteiger partial charge in [-0.15, -0.1) is 0 Å². The Bertz CT molecular complexity index is 1230. The SMILES string of the molecule is CCCCCCCC/C=C\CCCCCCCCCC(=O)OCCCCCCCCCCCCCC/C=C\CCCCCCCCCCCCCCCCC(=O)NC(CO)C(O)CCCCCCCCCCCCCCCCC. The van der Waals surface area contributed by atoms with E-state index >= 15 is 0 Å². The molecule has 0 aromatic rings. The molecule has 0 bridgehead atoms. The normalized spacial score (nSPS) is 12.6. The van der Waals surface area contributed by atoms with Crippen molar-refractivity contribution in [3.63, 3.8) is 0 Å². The summed E-state index contributed by atoms with van der Waals surface area (Å²) in [6.07, 6.45) is 86.6. The van der Waals surface area contributed by atoms with Gasteiger partial charge in [0.2, 0.25) is 5.91 Å². The number of aliphatic hydroxyl groups excluding tert-OH is 2. The van der Waals surface area contributed by atoms with Gasteiger partial charge in [-0.25, -0.2) is 0 Å². The van der Waals surface area contributed by atoms with Crippen molar-refractivity contribution in [2.75, 3.05) is 13.2 Å². The standard InChI is InChI=1S/C73H141NO5/c1-3-5-7-9-11-13-15-17-19-34-39-43-47-51-55-59-63-67-73(78)79-68-64-60-56-52-48-44-40-36-33-31-29-27-25-23-21-20-22-24-26-28-30-32-35-38-42-46-50-54-58-62-66-72(77)74-70(69-75)71(76)65-61-57-53-49-45-41-37-18-16-14-12-10-8-6-4-2/h17,19,21,23,70-71,75-76H,3-16,18,20,22,24-69H2,1-2H3,(H,74,77)/b19-17-,23-21-. The van der Waals surface area contributed by atoms with Crippen LogP contribution in [-0.2, 0) is 14.3 Å². The Labute approximate surface area is 494 Å². The van der Waals surface area contributed by atoms with E-state index in [4.69, 9.17) is 4.74 Å². The maximum absolute atomic E-state index is 12.5. The van der Waals surface area contributed by atoms with E-state index in [1.54, 1.807) is 0 Å². The first-order valence-electron chi connectivity index (χ1n) is 36.1. The Morgan fingerprint density at radius 2 is 0.595 bits per heavy atom. The molecule has 3 N–H and O–H groups in total. The number of ether oxygens (including phenoxy) is 1. The summed E-state index contributed by atoms with van der Waals surface area (Å²) in [6, 6.07) is -0.540. The van der Waals surface area contributed by atoms with E-state index in [-0.39, 0.29) is 18.5 Å². The monoisotopic (exact) mass is 1110 g/mol. The van der Waals surface area contributed by atoms with Crippen LogP contribution in [0.4, 0.5) is 0 Å². The van der Waals surface area contributed by atoms with Crippen molar-refractivity contribution < 1.29 is 24.5 Å². The van der Waals surface area contributed by atoms with Crippen LogP contribution in [0.2, 0.25) is 0 Å². The summed E-state index contributed by atoms with van der Waals surface area (Å²) in [5.74, 6) is -0.0160. The molecule has 1 amide bonds. The van der Waals surface area contributed by atoms with Crippen LogP contribution in [0.3, 0.4) is 0 Å². The molecular weight excluding hydrogens is 971 g/mol. The van der Waals surface area contributed by atoms with Crippen molar-refractivity contribution in [3.05, 3.63) is 24.3 Å². The van der Waals surface area contributed by atoms with Gasteiger partial charge in [-0.05, 0) is 77.0 Å². The minimum atomic E-state index is -0.663. The molecule has 2 unspecified atom stereocenters. The molecule has 79 heavy (non-hydrogen) atoms. The summed E-state index contributed by atoms with van der Waals surface area (Å²) >= 11 is 0. The van der Waals surface area contributed by atoms with Crippen LogP contribution in [0.1, 0.15) is 406 Å². The lowest BCUT2D eigenvalue weighted by Crippen LogP contribution is -2.45. The summed E-state index contributed by atoms with van der Waals surface area (Å²) in [4.78, 5) is 24.6. The molecule has 0 saturated heterocycles. The van der Waals surface area contributed by atoms with E-state index in [2.05, 4.69) is 43.5 Å². The van der Waals surface area contributed by atoms with Gasteiger partial charge in [-0.2, -0.15) is 0 Å². The number of unbranched alkanes of at least 4 members (excludes halogenated alkanes) is 53. The number of hydrogen-bond donors (Lipinski definition) is 3. The highest BCUT2D eigenvalue weighted by molar-refractivity contribution is 5.76. The molecule has 0 rings (SSSR count). The molecular formula is C73H141NO5. The van der Waals surface area contributed by atoms with Crippen molar-refractivity contribution in [3.8, 4) is 0 Å². The van der Waals surface area contributed by atoms with E-state index in [0.717, 1.165) is 44.9 Å². The van der Waals surface area contributed by atoms with Gasteiger partial charge in [0.25, 0.3) is 0 Å². The minimum Gasteiger partial charge on any atom is -0.466 e. The molecule has 0 aromatic heterocycles. The van der Waals surface area contributed by atoms with Crippen LogP contribution < -0.4 is 5.32 Å². The maximum atomic E-state index is 12.5. The van der Waals surface area contributed by atoms with Gasteiger partial charge in [0.15, 0.2) is 0 Å². The summed E-state index contributed by atoms with van der Waals surface area (Å²) in [7, 11) is 0. The van der Waals surface area contributed by atoms with Crippen LogP contribution in [0, 0.1) is 0 Å². The highest BCUT2D eigenvalue weighted by Crippen LogP contribution is 2.19. The Kier molecular flexibility index (Phi) is 67.4. The second kappa shape index (κ2) is 68.8. The number of hydrogen-bond acceptors (Lipinski definition) is 5. The lowest BCUT2D eigenvalue weighted by molar-refractivity contribution is -0.143. The molecule has 0 fully saturated rings. The van der Waals surface area contributed by atoms with E-state index in [1.807, 2.05) is 0 Å². The number of carbonyl (C=O) groups is 2. The molecule has 0 radical (unpaired) electrons. The molecule has 0 aliphatic rings. The summed E-state index contributed by atoms with van der Waals surface area (Å²) in [5, 5.41) is 23.3. The van der Waals surface area contributed by atoms with Gasteiger partial charge in [0, 0.05) is 12.8 Å². The topological polar surface area (TPSA) is 95.9 Å². The van der Waals surface area contributed by atoms with Crippen LogP contribution in [0.15, 0.2) is 24.3 Å². The zero-order valence-electron chi connectivity index (χ0n) is 53.6. The first-order valence-corrected chi connectivity index (χ1v) is 36.1. The fourth-order valence-electron chi connectivity index (χ4n) is 11.5. The largest absolute Gasteiger partial charge is 0.466 e. The third kappa shape index (κ3) is 65.4. The van der Waals surface area contributed by atoms with Gasteiger partial charge < -0.3 is 20.3 Å². The lowest BCUT2D eigenvalue weighted by atomic mass is 10.0. The molecule has 0 aliphatic carbocycles. The van der Waals surface area contributed by atoms with Crippen molar-refractivity contribution in [1.82, 2.24) is 5.32 Å². The molecule has 6 heteroatoms. The average molecular weight is 1110 g/mol. The predicted molar refractivity (Wildman–Crippen MR) is 347 cm³/mol. The Balaban J connectivity index is 3.35. The summed E-state index contributed by atoms with van der Waals surface area (Å²) < 4.78 is 5.50. The molecule has 2 atom stereocenters. The number of nitrogens with one attached hydrogen (secondary N) is 1. The van der Waals surface area contributed by atoms with Crippen LogP contribution >= 0.6 is 0 Å². The number of aliphatic hydroxyl groups is 2. The fraction of sp³-hybridized carbons (Fsp3) is 0.918. The molecule has 0 aromatic carbocycles. The van der Waals surface area contributed by atoms with Crippen molar-refractivity contribution in [1.29, 1.82) is 0 Å². The Hall–Kier alpha value is -1.66. The number of rotatable bonds is 68. The molecule has 0 aliphatic heterocycles. The zero-order valence-corrected chi connectivity index (χ0v) is 53.6. The third-order valence-electron chi connectivity index (χ3n) is 17.0. The first-order chi connectivity index (χ1) is 39.0. The van der Waals surface area contributed by atoms with Crippen LogP contribution in [0.5, 0.6) is 0 Å². The second-order valence-corrected chi connectivity index (χ2v) is 24.9. The van der Waals surface area contributed by atoms with Crippen LogP contribution in [-0.4, -0.2) is 47.4 Å². The third-order valence-corrected chi connectivity index (χ3v) is 17.0. The number of amides is 1. The van der Waals surface area contributed by atoms with E-state index in [1.165, 1.54) is 327 Å². The Morgan fingerprint density at radius 3 is 0.899 bits per heavy atom. The summed E-state index contributed by atoms with van der Waals surface area (Å²) in [6.45, 7) is 4.98. The zero-order chi connectivity index (χ0) is 57.1. The number of carbonyl (C=O) groups excluding carboxylic acids is 2. The summed E-state index contributed by atoms with van der Waals surface area (Å²) in [5.41, 5.74) is 0. The second-order valence-electron chi connectivity index (χ2n) is 24.9. The molecule has 0 saturated carbocycles. The van der Waals surface area contributed by atoms with Gasteiger partial charge in [0.05, 0.1) is 25.4 Å². The van der Waals surface area contributed by atoms with Crippen molar-refractivity contribution in [2.45, 2.75) is 418 Å². The van der Waals surface area contributed by atoms with Gasteiger partial charge in [-0.3, -0.25) is 9.59 Å². The van der Waals surface area contributed by atoms with E-state index < -0.39 is 12.1 Å². The smallest absolute Gasteiger partial charge is 0.305 e. The highest BCUT2D eigenvalue weighted by Gasteiger charge is 2.20. The van der Waals surface area contributed by atoms with E-state index in [0.29, 0.717) is 25.9 Å². The number of esters is 1. The van der Waals surface area contributed by atoms with Gasteiger partial charge >= 0.3 is 5.97 Å². The fourth-order valence-corrected chi connectivity index (χ4v) is 11.5. The van der Waals surface area contributed by atoms with Crippen molar-refractivity contribution in [2.24, 2.45) is 0 Å². The van der Waals surface area contributed by atoms with Crippen molar-refractivity contribution >= 4 is 11.9 Å². The van der Waals surface area contributed by atoms with Crippen LogP contribution in [0.25, 0.3) is 0 Å². The first kappa shape index (κ1) is 77.3. The van der Waals surface area contributed by atoms with Gasteiger partial charge in [-0.1, -0.05) is 340 Å². The van der Waals surface area contributed by atoms with Gasteiger partial charge in [0.1, 0.15) is 0 Å². The maximum Gasteiger partial charge on any atom is 0.305 e. The predicted octanol–water partition coefficient (Wildman–Crippen LogP) is 23.3. The molecule has 468 valence electrons. The quantitative estimate of drug-likeness (QED) is 0.0320. The van der Waals surface area contributed by atoms with E-state index in [9.17, 15) is 19.8 Å². The molecule has 6 nitrogen and oxygen atoms in total. The Morgan fingerprint density at radius 1 is 0.342 bits per heavy atom. The highest BCUT2D eigenvalue weighted by atomic mass is 16.5. The minimum absolute atomic E-state index is 0.0145.